The molecule has 1 N–H and O–H groups in total. The zero-order valence-electron chi connectivity index (χ0n) is 11.7. The normalized spacial score (nSPS) is 12.5. The van der Waals surface area contributed by atoms with Crippen molar-refractivity contribution in [1.29, 1.82) is 0 Å². The quantitative estimate of drug-likeness (QED) is 0.920. The number of aryl methyl sites for hydroxylation is 2. The number of aromatic nitrogens is 2. The lowest BCUT2D eigenvalue weighted by Gasteiger charge is -2.13. The second-order valence-electron chi connectivity index (χ2n) is 4.71. The summed E-state index contributed by atoms with van der Waals surface area (Å²) < 4.78 is 13.6. The Labute approximate surface area is 112 Å². The first-order chi connectivity index (χ1) is 9.02. The molecule has 1 aromatic heterocycles. The van der Waals surface area contributed by atoms with Gasteiger partial charge in [0.2, 0.25) is 0 Å². The Hall–Kier alpha value is -1.81. The number of hydrogen-bond acceptors (Lipinski definition) is 3. The summed E-state index contributed by atoms with van der Waals surface area (Å²) in [7, 11) is 1.90. The van der Waals surface area contributed by atoms with Crippen LogP contribution in [-0.4, -0.2) is 17.0 Å². The maximum Gasteiger partial charge on any atom is 0.159 e. The summed E-state index contributed by atoms with van der Waals surface area (Å²) in [6.07, 6.45) is 1.80. The molecule has 1 aromatic carbocycles. The molecule has 2 aromatic rings. The zero-order chi connectivity index (χ0) is 14.0. The minimum Gasteiger partial charge on any atom is -0.313 e. The molecule has 19 heavy (non-hydrogen) atoms. The van der Waals surface area contributed by atoms with Gasteiger partial charge in [0.1, 0.15) is 5.82 Å². The lowest BCUT2D eigenvalue weighted by Crippen LogP contribution is -2.14. The maximum atomic E-state index is 13.6. The molecule has 4 heteroatoms. The summed E-state index contributed by atoms with van der Waals surface area (Å²) in [5.41, 5.74) is 3.29. The molecule has 100 valence electrons. The van der Waals surface area contributed by atoms with E-state index in [4.69, 9.17) is 0 Å². The molecule has 1 unspecified atom stereocenters. The highest BCUT2D eigenvalue weighted by Gasteiger charge is 2.11. The van der Waals surface area contributed by atoms with Gasteiger partial charge in [-0.25, -0.2) is 14.4 Å². The molecule has 1 atom stereocenters. The first kappa shape index (κ1) is 13.6. The lowest BCUT2D eigenvalue weighted by atomic mass is 10.1. The Balaban J connectivity index is 2.41. The molecular weight excluding hydrogens is 241 g/mol. The van der Waals surface area contributed by atoms with E-state index in [0.29, 0.717) is 17.0 Å². The summed E-state index contributed by atoms with van der Waals surface area (Å²) in [5, 5.41) is 3.16. The van der Waals surface area contributed by atoms with Crippen molar-refractivity contribution in [1.82, 2.24) is 15.3 Å². The molecule has 1 heterocycles. The van der Waals surface area contributed by atoms with Crippen molar-refractivity contribution >= 4 is 0 Å². The lowest BCUT2D eigenvalue weighted by molar-refractivity contribution is 0.618. The van der Waals surface area contributed by atoms with Crippen molar-refractivity contribution in [2.75, 3.05) is 7.05 Å². The van der Waals surface area contributed by atoms with Crippen molar-refractivity contribution in [3.05, 3.63) is 47.0 Å². The van der Waals surface area contributed by atoms with Gasteiger partial charge in [-0.1, -0.05) is 12.1 Å². The first-order valence-corrected chi connectivity index (χ1v) is 6.30. The van der Waals surface area contributed by atoms with Crippen LogP contribution < -0.4 is 5.32 Å². The van der Waals surface area contributed by atoms with Crippen LogP contribution in [0.2, 0.25) is 0 Å². The fourth-order valence-electron chi connectivity index (χ4n) is 1.93. The number of nitrogens with one attached hydrogen (secondary N) is 1. The van der Waals surface area contributed by atoms with Gasteiger partial charge in [0.25, 0.3) is 0 Å². The smallest absolute Gasteiger partial charge is 0.159 e. The van der Waals surface area contributed by atoms with E-state index in [1.165, 1.54) is 6.07 Å². The van der Waals surface area contributed by atoms with Gasteiger partial charge in [-0.3, -0.25) is 0 Å². The average Bonchev–Trinajstić information content (AvgIpc) is 2.41. The van der Waals surface area contributed by atoms with Gasteiger partial charge in [-0.15, -0.1) is 0 Å². The monoisotopic (exact) mass is 259 g/mol. The third-order valence-corrected chi connectivity index (χ3v) is 3.35. The summed E-state index contributed by atoms with van der Waals surface area (Å²) >= 11 is 0. The van der Waals surface area contributed by atoms with E-state index >= 15 is 0 Å². The fraction of sp³-hybridized carbons (Fsp3) is 0.333. The molecule has 0 radical (unpaired) electrons. The molecule has 2 rings (SSSR count). The third kappa shape index (κ3) is 2.79. The molecule has 0 spiro atoms. The first-order valence-electron chi connectivity index (χ1n) is 6.30. The number of rotatable bonds is 3. The summed E-state index contributed by atoms with van der Waals surface area (Å²) in [6, 6.07) is 5.26. The molecule has 0 aliphatic rings. The van der Waals surface area contributed by atoms with Crippen molar-refractivity contribution in [3.8, 4) is 11.4 Å². The number of halogens is 1. The number of hydrogen-bond donors (Lipinski definition) is 1. The molecule has 0 amide bonds. The van der Waals surface area contributed by atoms with E-state index in [2.05, 4.69) is 22.2 Å². The second-order valence-corrected chi connectivity index (χ2v) is 4.71. The molecule has 0 fully saturated rings. The second kappa shape index (κ2) is 5.45. The average molecular weight is 259 g/mol. The van der Waals surface area contributed by atoms with Crippen LogP contribution in [0.5, 0.6) is 0 Å². The van der Waals surface area contributed by atoms with Gasteiger partial charge in [-0.05, 0) is 39.4 Å². The van der Waals surface area contributed by atoms with Crippen molar-refractivity contribution in [3.63, 3.8) is 0 Å². The molecule has 0 aliphatic carbocycles. The SMILES string of the molecule is CNC(C)c1cnc(-c2ccc(C)c(F)c2)nc1C. The minimum atomic E-state index is -0.230. The summed E-state index contributed by atoms with van der Waals surface area (Å²) in [4.78, 5) is 8.80. The highest BCUT2D eigenvalue weighted by molar-refractivity contribution is 5.56. The van der Waals surface area contributed by atoms with Crippen LogP contribution in [-0.2, 0) is 0 Å². The molecule has 0 saturated carbocycles. The topological polar surface area (TPSA) is 37.8 Å². The largest absolute Gasteiger partial charge is 0.313 e. The van der Waals surface area contributed by atoms with Gasteiger partial charge >= 0.3 is 0 Å². The Kier molecular flexibility index (Phi) is 3.90. The van der Waals surface area contributed by atoms with Gasteiger partial charge < -0.3 is 5.32 Å². The van der Waals surface area contributed by atoms with Crippen molar-refractivity contribution < 1.29 is 4.39 Å². The van der Waals surface area contributed by atoms with Crippen LogP contribution in [0.4, 0.5) is 4.39 Å². The van der Waals surface area contributed by atoms with Crippen LogP contribution in [0.1, 0.15) is 29.8 Å². The summed E-state index contributed by atoms with van der Waals surface area (Å²) in [6.45, 7) is 5.73. The van der Waals surface area contributed by atoms with Crippen molar-refractivity contribution in [2.45, 2.75) is 26.8 Å². The van der Waals surface area contributed by atoms with Crippen LogP contribution in [0.15, 0.2) is 24.4 Å². The Morgan fingerprint density at radius 2 is 2.00 bits per heavy atom. The standard InChI is InChI=1S/C15H18FN3/c1-9-5-6-12(7-14(9)16)15-18-8-13(10(2)17-4)11(3)19-15/h5-8,10,17H,1-4H3. The summed E-state index contributed by atoms with van der Waals surface area (Å²) in [5.74, 6) is 0.329. The zero-order valence-corrected chi connectivity index (χ0v) is 11.7. The predicted molar refractivity (Wildman–Crippen MR) is 74.4 cm³/mol. The molecule has 0 saturated heterocycles. The Morgan fingerprint density at radius 3 is 2.58 bits per heavy atom. The van der Waals surface area contributed by atoms with E-state index in [-0.39, 0.29) is 11.9 Å². The number of benzene rings is 1. The van der Waals surface area contributed by atoms with E-state index in [1.807, 2.05) is 20.0 Å². The van der Waals surface area contributed by atoms with Gasteiger partial charge in [0.15, 0.2) is 5.82 Å². The highest BCUT2D eigenvalue weighted by Crippen LogP contribution is 2.21. The van der Waals surface area contributed by atoms with Crippen LogP contribution in [0.3, 0.4) is 0 Å². The minimum absolute atomic E-state index is 0.198. The van der Waals surface area contributed by atoms with Crippen LogP contribution in [0, 0.1) is 19.7 Å². The highest BCUT2D eigenvalue weighted by atomic mass is 19.1. The Morgan fingerprint density at radius 1 is 1.26 bits per heavy atom. The third-order valence-electron chi connectivity index (χ3n) is 3.35. The Bertz CT molecular complexity index is 596. The molecule has 3 nitrogen and oxygen atoms in total. The van der Waals surface area contributed by atoms with Gasteiger partial charge in [0, 0.05) is 29.1 Å². The van der Waals surface area contributed by atoms with E-state index in [9.17, 15) is 4.39 Å². The van der Waals surface area contributed by atoms with Gasteiger partial charge in [-0.2, -0.15) is 0 Å². The predicted octanol–water partition coefficient (Wildman–Crippen LogP) is 3.18. The fourth-order valence-corrected chi connectivity index (χ4v) is 1.93. The van der Waals surface area contributed by atoms with E-state index in [0.717, 1.165) is 11.3 Å². The van der Waals surface area contributed by atoms with E-state index < -0.39 is 0 Å². The van der Waals surface area contributed by atoms with Crippen molar-refractivity contribution in [2.24, 2.45) is 0 Å². The van der Waals surface area contributed by atoms with Crippen LogP contribution in [0.25, 0.3) is 11.4 Å². The van der Waals surface area contributed by atoms with Gasteiger partial charge in [0.05, 0.1) is 0 Å². The molecule has 0 bridgehead atoms. The maximum absolute atomic E-state index is 13.6. The molecule has 0 aliphatic heterocycles. The van der Waals surface area contributed by atoms with Crippen LogP contribution >= 0.6 is 0 Å². The number of nitrogens with zero attached hydrogens (tertiary/aromatic N) is 2. The molecular formula is C15H18FN3. The van der Waals surface area contributed by atoms with E-state index in [1.54, 1.807) is 19.2 Å².